The van der Waals surface area contributed by atoms with Crippen LogP contribution in [0.1, 0.15) is 25.3 Å². The van der Waals surface area contributed by atoms with Crippen LogP contribution in [-0.4, -0.2) is 23.1 Å². The fourth-order valence-electron chi connectivity index (χ4n) is 2.47. The Morgan fingerprint density at radius 2 is 2.33 bits per heavy atom. The predicted molar refractivity (Wildman–Crippen MR) is 69.6 cm³/mol. The Bertz CT molecular complexity index is 448. The predicted octanol–water partition coefficient (Wildman–Crippen LogP) is 2.32. The summed E-state index contributed by atoms with van der Waals surface area (Å²) in [7, 11) is 0. The van der Waals surface area contributed by atoms with Crippen LogP contribution < -0.4 is 4.90 Å². The van der Waals surface area contributed by atoms with Crippen molar-refractivity contribution < 1.29 is 10.0 Å². The van der Waals surface area contributed by atoms with Gasteiger partial charge in [-0.15, -0.1) is 0 Å². The molecule has 0 saturated carbocycles. The van der Waals surface area contributed by atoms with E-state index in [4.69, 9.17) is 5.11 Å². The number of anilines is 1. The summed E-state index contributed by atoms with van der Waals surface area (Å²) in [5.74, 6) is 0.627. The molecule has 1 fully saturated rings. The second-order valence-corrected chi connectivity index (χ2v) is 4.75. The topological polar surface area (TPSA) is 66.6 Å². The SMILES string of the molecule is CCC1CCN(c2ccc(CO)cc2[N+](=O)[O-])C1. The Morgan fingerprint density at radius 3 is 2.89 bits per heavy atom. The van der Waals surface area contributed by atoms with Crippen LogP contribution in [0.4, 0.5) is 11.4 Å². The van der Waals surface area contributed by atoms with E-state index in [0.29, 0.717) is 17.2 Å². The summed E-state index contributed by atoms with van der Waals surface area (Å²) in [5.41, 5.74) is 1.35. The molecule has 1 N–H and O–H groups in total. The Morgan fingerprint density at radius 1 is 1.56 bits per heavy atom. The van der Waals surface area contributed by atoms with E-state index in [9.17, 15) is 10.1 Å². The third-order valence-corrected chi connectivity index (χ3v) is 3.62. The van der Waals surface area contributed by atoms with Gasteiger partial charge in [0.1, 0.15) is 5.69 Å². The van der Waals surface area contributed by atoms with Crippen LogP contribution in [0.2, 0.25) is 0 Å². The van der Waals surface area contributed by atoms with Gasteiger partial charge < -0.3 is 10.0 Å². The molecule has 1 unspecified atom stereocenters. The number of nitrogens with zero attached hydrogens (tertiary/aromatic N) is 2. The van der Waals surface area contributed by atoms with Crippen molar-refractivity contribution in [3.63, 3.8) is 0 Å². The van der Waals surface area contributed by atoms with Gasteiger partial charge in [0.05, 0.1) is 11.5 Å². The van der Waals surface area contributed by atoms with E-state index < -0.39 is 0 Å². The van der Waals surface area contributed by atoms with Crippen LogP contribution in [0.15, 0.2) is 18.2 Å². The first-order valence-corrected chi connectivity index (χ1v) is 6.28. The molecular weight excluding hydrogens is 232 g/mol. The first-order chi connectivity index (χ1) is 8.65. The van der Waals surface area contributed by atoms with Gasteiger partial charge in [-0.3, -0.25) is 10.1 Å². The van der Waals surface area contributed by atoms with E-state index in [1.165, 1.54) is 6.07 Å². The quantitative estimate of drug-likeness (QED) is 0.658. The van der Waals surface area contributed by atoms with Crippen LogP contribution in [0, 0.1) is 16.0 Å². The molecule has 0 amide bonds. The Hall–Kier alpha value is -1.62. The zero-order valence-electron chi connectivity index (χ0n) is 10.5. The van der Waals surface area contributed by atoms with Gasteiger partial charge in [0.2, 0.25) is 0 Å². The zero-order valence-corrected chi connectivity index (χ0v) is 10.5. The van der Waals surface area contributed by atoms with Crippen molar-refractivity contribution in [2.75, 3.05) is 18.0 Å². The number of hydrogen-bond acceptors (Lipinski definition) is 4. The summed E-state index contributed by atoms with van der Waals surface area (Å²) in [6.07, 6.45) is 2.20. The molecule has 1 aromatic rings. The molecule has 0 aliphatic carbocycles. The fourth-order valence-corrected chi connectivity index (χ4v) is 2.47. The summed E-state index contributed by atoms with van der Waals surface area (Å²) < 4.78 is 0. The van der Waals surface area contributed by atoms with E-state index >= 15 is 0 Å². The van der Waals surface area contributed by atoms with Gasteiger partial charge in [-0.25, -0.2) is 0 Å². The highest BCUT2D eigenvalue weighted by Crippen LogP contribution is 2.33. The molecule has 5 heteroatoms. The molecule has 2 rings (SSSR count). The minimum atomic E-state index is -0.367. The monoisotopic (exact) mass is 250 g/mol. The lowest BCUT2D eigenvalue weighted by molar-refractivity contribution is -0.384. The van der Waals surface area contributed by atoms with Gasteiger partial charge in [-0.05, 0) is 24.0 Å². The van der Waals surface area contributed by atoms with Crippen LogP contribution >= 0.6 is 0 Å². The number of rotatable bonds is 4. The van der Waals surface area contributed by atoms with Crippen molar-refractivity contribution in [2.45, 2.75) is 26.4 Å². The van der Waals surface area contributed by atoms with Crippen LogP contribution in [0.25, 0.3) is 0 Å². The van der Waals surface area contributed by atoms with Crippen molar-refractivity contribution in [3.8, 4) is 0 Å². The van der Waals surface area contributed by atoms with Crippen molar-refractivity contribution in [1.29, 1.82) is 0 Å². The number of benzene rings is 1. The lowest BCUT2D eigenvalue weighted by Gasteiger charge is -2.18. The van der Waals surface area contributed by atoms with Crippen molar-refractivity contribution in [3.05, 3.63) is 33.9 Å². The molecule has 98 valence electrons. The minimum Gasteiger partial charge on any atom is -0.392 e. The summed E-state index contributed by atoms with van der Waals surface area (Å²) in [6.45, 7) is 3.74. The molecule has 0 aromatic heterocycles. The van der Waals surface area contributed by atoms with Gasteiger partial charge in [-0.1, -0.05) is 19.4 Å². The third kappa shape index (κ3) is 2.46. The number of aliphatic hydroxyl groups is 1. The van der Waals surface area contributed by atoms with Crippen molar-refractivity contribution in [1.82, 2.24) is 0 Å². The number of aliphatic hydroxyl groups excluding tert-OH is 1. The second kappa shape index (κ2) is 5.35. The molecule has 0 radical (unpaired) electrons. The molecule has 0 bridgehead atoms. The largest absolute Gasteiger partial charge is 0.392 e. The fraction of sp³-hybridized carbons (Fsp3) is 0.538. The minimum absolute atomic E-state index is 0.0957. The highest BCUT2D eigenvalue weighted by Gasteiger charge is 2.26. The summed E-state index contributed by atoms with van der Waals surface area (Å²) >= 11 is 0. The molecule has 1 aromatic carbocycles. The van der Waals surface area contributed by atoms with Crippen LogP contribution in [0.5, 0.6) is 0 Å². The Labute approximate surface area is 106 Å². The lowest BCUT2D eigenvalue weighted by atomic mass is 10.1. The molecule has 18 heavy (non-hydrogen) atoms. The van der Waals surface area contributed by atoms with E-state index in [2.05, 4.69) is 11.8 Å². The maximum absolute atomic E-state index is 11.1. The van der Waals surface area contributed by atoms with Crippen LogP contribution in [-0.2, 0) is 6.61 Å². The van der Waals surface area contributed by atoms with E-state index in [0.717, 1.165) is 25.9 Å². The second-order valence-electron chi connectivity index (χ2n) is 4.75. The highest BCUT2D eigenvalue weighted by molar-refractivity contribution is 5.64. The van der Waals surface area contributed by atoms with Gasteiger partial charge in [0, 0.05) is 19.2 Å². The van der Waals surface area contributed by atoms with E-state index in [-0.39, 0.29) is 17.2 Å². The van der Waals surface area contributed by atoms with Gasteiger partial charge in [-0.2, -0.15) is 0 Å². The smallest absolute Gasteiger partial charge is 0.292 e. The first-order valence-electron chi connectivity index (χ1n) is 6.28. The summed E-state index contributed by atoms with van der Waals surface area (Å²) in [4.78, 5) is 12.8. The molecule has 0 spiro atoms. The standard InChI is InChI=1S/C13H18N2O3/c1-2-10-5-6-14(8-10)12-4-3-11(9-16)7-13(12)15(17)18/h3-4,7,10,16H,2,5-6,8-9H2,1H3. The summed E-state index contributed by atoms with van der Waals surface area (Å²) in [5, 5.41) is 20.1. The van der Waals surface area contributed by atoms with Crippen molar-refractivity contribution in [2.24, 2.45) is 5.92 Å². The molecule has 1 aliphatic rings. The van der Waals surface area contributed by atoms with Gasteiger partial charge >= 0.3 is 0 Å². The molecule has 1 atom stereocenters. The summed E-state index contributed by atoms with van der Waals surface area (Å²) in [6, 6.07) is 4.97. The Kier molecular flexibility index (Phi) is 3.81. The molecular formula is C13H18N2O3. The Balaban J connectivity index is 2.30. The third-order valence-electron chi connectivity index (χ3n) is 3.62. The number of nitro benzene ring substituents is 1. The van der Waals surface area contributed by atoms with Crippen LogP contribution in [0.3, 0.4) is 0 Å². The first kappa shape index (κ1) is 12.8. The maximum Gasteiger partial charge on any atom is 0.292 e. The highest BCUT2D eigenvalue weighted by atomic mass is 16.6. The molecule has 1 aliphatic heterocycles. The van der Waals surface area contributed by atoms with E-state index in [1.54, 1.807) is 12.1 Å². The maximum atomic E-state index is 11.1. The van der Waals surface area contributed by atoms with E-state index in [1.807, 2.05) is 0 Å². The van der Waals surface area contributed by atoms with Gasteiger partial charge in [0.15, 0.2) is 0 Å². The average Bonchev–Trinajstić information content (AvgIpc) is 2.86. The van der Waals surface area contributed by atoms with Gasteiger partial charge in [0.25, 0.3) is 5.69 Å². The number of hydrogen-bond donors (Lipinski definition) is 1. The zero-order chi connectivity index (χ0) is 13.1. The normalized spacial score (nSPS) is 19.2. The molecule has 1 heterocycles. The molecule has 1 saturated heterocycles. The average molecular weight is 250 g/mol. The lowest BCUT2D eigenvalue weighted by Crippen LogP contribution is -2.20. The number of nitro groups is 1. The molecule has 5 nitrogen and oxygen atoms in total. The van der Waals surface area contributed by atoms with Crippen molar-refractivity contribution >= 4 is 11.4 Å².